The van der Waals surface area contributed by atoms with E-state index in [0.29, 0.717) is 10.9 Å². The lowest BCUT2D eigenvalue weighted by Crippen LogP contribution is -2.12. The van der Waals surface area contributed by atoms with Crippen LogP contribution >= 0.6 is 23.2 Å². The molecule has 0 saturated heterocycles. The second-order valence-corrected chi connectivity index (χ2v) is 4.53. The third kappa shape index (κ3) is 2.46. The van der Waals surface area contributed by atoms with Crippen LogP contribution in [-0.2, 0) is 6.42 Å². The Labute approximate surface area is 107 Å². The number of aromatic nitrogens is 1. The zero-order valence-electron chi connectivity index (χ0n) is 8.71. The Bertz CT molecular complexity index is 642. The molecule has 0 amide bonds. The largest absolute Gasteiger partial charge is 0.507 e. The summed E-state index contributed by atoms with van der Waals surface area (Å²) in [7, 11) is 0. The van der Waals surface area contributed by atoms with E-state index in [4.69, 9.17) is 23.2 Å². The van der Waals surface area contributed by atoms with Crippen molar-refractivity contribution in [1.29, 1.82) is 0 Å². The number of pyridine rings is 1. The van der Waals surface area contributed by atoms with Crippen molar-refractivity contribution in [1.82, 2.24) is 4.98 Å². The van der Waals surface area contributed by atoms with Crippen molar-refractivity contribution in [2.24, 2.45) is 0 Å². The summed E-state index contributed by atoms with van der Waals surface area (Å²) in [4.78, 5) is 14.4. The van der Waals surface area contributed by atoms with E-state index >= 15 is 0 Å². The van der Waals surface area contributed by atoms with E-state index in [1.165, 1.54) is 6.08 Å². The highest BCUT2D eigenvalue weighted by atomic mass is 35.5. The second kappa shape index (κ2) is 4.82. The number of hydrogen-bond donors (Lipinski definition) is 2. The molecule has 0 aliphatic heterocycles. The van der Waals surface area contributed by atoms with Gasteiger partial charge < -0.3 is 10.1 Å². The third-order valence-electron chi connectivity index (χ3n) is 2.45. The van der Waals surface area contributed by atoms with Crippen LogP contribution in [-0.4, -0.2) is 10.1 Å². The van der Waals surface area contributed by atoms with Gasteiger partial charge in [0.2, 0.25) is 0 Å². The Kier molecular flexibility index (Phi) is 3.41. The van der Waals surface area contributed by atoms with Crippen LogP contribution in [0.25, 0.3) is 10.9 Å². The molecule has 0 fully saturated rings. The summed E-state index contributed by atoms with van der Waals surface area (Å²) in [5.41, 5.74) is 0.509. The fraction of sp³-hybridized carbons (Fsp3) is 0.0833. The average Bonchev–Trinajstić information content (AvgIpc) is 2.28. The normalized spacial score (nSPS) is 10.5. The van der Waals surface area contributed by atoms with Crippen molar-refractivity contribution in [2.75, 3.05) is 0 Å². The first-order valence-electron chi connectivity index (χ1n) is 4.93. The van der Waals surface area contributed by atoms with Crippen LogP contribution in [0.1, 0.15) is 5.56 Å². The van der Waals surface area contributed by atoms with Gasteiger partial charge >= 0.3 is 0 Å². The molecule has 0 atom stereocenters. The van der Waals surface area contributed by atoms with Crippen molar-refractivity contribution in [3.05, 3.63) is 50.8 Å². The first kappa shape index (κ1) is 12.0. The summed E-state index contributed by atoms with van der Waals surface area (Å²) in [6.07, 6.45) is 1.65. The summed E-state index contributed by atoms with van der Waals surface area (Å²) in [5.74, 6) is -0.0322. The van der Waals surface area contributed by atoms with Gasteiger partial charge in [0.25, 0.3) is 5.56 Å². The summed E-state index contributed by atoms with van der Waals surface area (Å²) in [6, 6.07) is 7.03. The summed E-state index contributed by atoms with van der Waals surface area (Å²) >= 11 is 11.0. The number of halogens is 2. The smallest absolute Gasteiger partial charge is 0.255 e. The molecule has 88 valence electrons. The van der Waals surface area contributed by atoms with Gasteiger partial charge in [-0.1, -0.05) is 35.3 Å². The molecular formula is C12H9Cl2NO2. The van der Waals surface area contributed by atoms with Gasteiger partial charge in [-0.05, 0) is 18.2 Å². The molecule has 1 aromatic heterocycles. The Morgan fingerprint density at radius 1 is 1.35 bits per heavy atom. The maximum absolute atomic E-state index is 11.7. The van der Waals surface area contributed by atoms with E-state index < -0.39 is 0 Å². The van der Waals surface area contributed by atoms with Crippen molar-refractivity contribution >= 4 is 34.1 Å². The third-order valence-corrected chi connectivity index (χ3v) is 2.76. The lowest BCUT2D eigenvalue weighted by atomic mass is 10.1. The van der Waals surface area contributed by atoms with E-state index in [9.17, 15) is 9.90 Å². The van der Waals surface area contributed by atoms with Crippen LogP contribution < -0.4 is 5.56 Å². The fourth-order valence-electron chi connectivity index (χ4n) is 1.64. The predicted octanol–water partition coefficient (Wildman–Crippen LogP) is 3.10. The number of benzene rings is 1. The molecule has 0 spiro atoms. The quantitative estimate of drug-likeness (QED) is 0.881. The summed E-state index contributed by atoms with van der Waals surface area (Å²) < 4.78 is 0.0666. The Morgan fingerprint density at radius 3 is 2.76 bits per heavy atom. The molecule has 2 N–H and O–H groups in total. The van der Waals surface area contributed by atoms with E-state index in [2.05, 4.69) is 4.98 Å². The topological polar surface area (TPSA) is 53.1 Å². The van der Waals surface area contributed by atoms with Gasteiger partial charge in [-0.15, -0.1) is 0 Å². The lowest BCUT2D eigenvalue weighted by Gasteiger charge is -2.05. The molecule has 17 heavy (non-hydrogen) atoms. The molecule has 0 bridgehead atoms. The standard InChI is InChI=1S/C12H9Cl2NO2/c13-10(14)6-5-8-11(16)7-3-1-2-4-9(7)15-12(8)17/h1-4,6H,5H2,(H2,15,16,17). The first-order valence-corrected chi connectivity index (χ1v) is 5.69. The van der Waals surface area contributed by atoms with Gasteiger partial charge in [0.15, 0.2) is 0 Å². The Balaban J connectivity index is 2.64. The number of rotatable bonds is 2. The number of nitrogens with one attached hydrogen (secondary N) is 1. The van der Waals surface area contributed by atoms with Gasteiger partial charge in [-0.25, -0.2) is 0 Å². The van der Waals surface area contributed by atoms with Crippen LogP contribution in [0.3, 0.4) is 0 Å². The minimum Gasteiger partial charge on any atom is -0.507 e. The maximum Gasteiger partial charge on any atom is 0.255 e. The summed E-state index contributed by atoms with van der Waals surface area (Å²) in [6.45, 7) is 0. The van der Waals surface area contributed by atoms with Crippen LogP contribution in [0, 0.1) is 0 Å². The highest BCUT2D eigenvalue weighted by molar-refractivity contribution is 6.55. The molecule has 0 aliphatic carbocycles. The fourth-order valence-corrected chi connectivity index (χ4v) is 1.79. The minimum absolute atomic E-state index is 0.0322. The predicted molar refractivity (Wildman–Crippen MR) is 69.7 cm³/mol. The molecule has 1 heterocycles. The Morgan fingerprint density at radius 2 is 2.06 bits per heavy atom. The monoisotopic (exact) mass is 269 g/mol. The van der Waals surface area contributed by atoms with E-state index in [0.717, 1.165) is 0 Å². The molecular weight excluding hydrogens is 261 g/mol. The molecule has 0 unspecified atom stereocenters. The van der Waals surface area contributed by atoms with Crippen LogP contribution in [0.15, 0.2) is 39.6 Å². The minimum atomic E-state index is -0.341. The van der Waals surface area contributed by atoms with Crippen LogP contribution in [0.5, 0.6) is 5.75 Å². The van der Waals surface area contributed by atoms with Gasteiger partial charge in [-0.3, -0.25) is 4.79 Å². The molecule has 0 saturated carbocycles. The SMILES string of the molecule is O=c1[nH]c2ccccc2c(O)c1CC=C(Cl)Cl. The maximum atomic E-state index is 11.7. The zero-order valence-corrected chi connectivity index (χ0v) is 10.2. The lowest BCUT2D eigenvalue weighted by molar-refractivity contribution is 0.474. The van der Waals surface area contributed by atoms with E-state index in [-0.39, 0.29) is 27.8 Å². The number of allylic oxidation sites excluding steroid dienone is 1. The van der Waals surface area contributed by atoms with Gasteiger partial charge in [0, 0.05) is 11.8 Å². The highest BCUT2D eigenvalue weighted by Gasteiger charge is 2.10. The molecule has 1 aromatic carbocycles. The molecule has 2 aromatic rings. The summed E-state index contributed by atoms with van der Waals surface area (Å²) in [5, 5.41) is 10.6. The molecule has 2 rings (SSSR count). The van der Waals surface area contributed by atoms with Crippen molar-refractivity contribution in [3.8, 4) is 5.75 Å². The van der Waals surface area contributed by atoms with Crippen molar-refractivity contribution in [3.63, 3.8) is 0 Å². The van der Waals surface area contributed by atoms with Gasteiger partial charge in [0.1, 0.15) is 10.2 Å². The number of H-pyrrole nitrogens is 1. The first-order chi connectivity index (χ1) is 8.09. The highest BCUT2D eigenvalue weighted by Crippen LogP contribution is 2.25. The van der Waals surface area contributed by atoms with Crippen LogP contribution in [0.4, 0.5) is 0 Å². The molecule has 0 radical (unpaired) electrons. The second-order valence-electron chi connectivity index (χ2n) is 3.52. The number of hydrogen-bond acceptors (Lipinski definition) is 2. The number of aromatic amines is 1. The van der Waals surface area contributed by atoms with Crippen molar-refractivity contribution < 1.29 is 5.11 Å². The number of fused-ring (bicyclic) bond motifs is 1. The van der Waals surface area contributed by atoms with Gasteiger partial charge in [-0.2, -0.15) is 0 Å². The number of para-hydroxylation sites is 1. The van der Waals surface area contributed by atoms with Crippen molar-refractivity contribution in [2.45, 2.75) is 6.42 Å². The van der Waals surface area contributed by atoms with E-state index in [1.54, 1.807) is 24.3 Å². The molecule has 5 heteroatoms. The van der Waals surface area contributed by atoms with Gasteiger partial charge in [0.05, 0.1) is 11.1 Å². The molecule has 0 aliphatic rings. The molecule has 3 nitrogen and oxygen atoms in total. The van der Waals surface area contributed by atoms with Crippen LogP contribution in [0.2, 0.25) is 0 Å². The van der Waals surface area contributed by atoms with E-state index in [1.807, 2.05) is 0 Å². The number of aromatic hydroxyl groups is 1. The average molecular weight is 270 g/mol. The zero-order chi connectivity index (χ0) is 12.4. The Hall–Kier alpha value is -1.45.